The number of hydrogen-bond acceptors (Lipinski definition) is 4. The summed E-state index contributed by atoms with van der Waals surface area (Å²) < 4.78 is 0. The van der Waals surface area contributed by atoms with Crippen LogP contribution in [0.2, 0.25) is 5.02 Å². The lowest BCUT2D eigenvalue weighted by atomic mass is 10.1. The highest BCUT2D eigenvalue weighted by Crippen LogP contribution is 2.27. The zero-order chi connectivity index (χ0) is 29.4. The van der Waals surface area contributed by atoms with Gasteiger partial charge in [-0.1, -0.05) is 54.1 Å². The second-order valence-corrected chi connectivity index (χ2v) is 11.3. The van der Waals surface area contributed by atoms with Crippen LogP contribution >= 0.6 is 23.4 Å². The molecule has 3 amide bonds. The highest BCUT2D eigenvalue weighted by atomic mass is 35.5. The molecule has 8 heteroatoms. The van der Waals surface area contributed by atoms with Gasteiger partial charge >= 0.3 is 0 Å². The van der Waals surface area contributed by atoms with Crippen molar-refractivity contribution in [2.75, 3.05) is 10.6 Å². The van der Waals surface area contributed by atoms with E-state index in [0.717, 1.165) is 21.7 Å². The summed E-state index contributed by atoms with van der Waals surface area (Å²) in [5.41, 5.74) is 4.74. The fraction of sp³-hybridized carbons (Fsp3) is 0.121. The summed E-state index contributed by atoms with van der Waals surface area (Å²) in [6.45, 7) is 5.86. The first-order valence-corrected chi connectivity index (χ1v) is 14.2. The van der Waals surface area contributed by atoms with Crippen molar-refractivity contribution >= 4 is 58.5 Å². The van der Waals surface area contributed by atoms with E-state index in [2.05, 4.69) is 16.0 Å². The maximum atomic E-state index is 13.4. The zero-order valence-corrected chi connectivity index (χ0v) is 24.5. The molecule has 1 atom stereocenters. The number of rotatable bonds is 9. The van der Waals surface area contributed by atoms with Crippen LogP contribution in [-0.4, -0.2) is 23.0 Å². The van der Waals surface area contributed by atoms with Crippen molar-refractivity contribution in [2.45, 2.75) is 30.9 Å². The van der Waals surface area contributed by atoms with Crippen molar-refractivity contribution in [3.8, 4) is 0 Å². The van der Waals surface area contributed by atoms with Gasteiger partial charge in [0, 0.05) is 26.9 Å². The Morgan fingerprint density at radius 3 is 2.20 bits per heavy atom. The Hall–Kier alpha value is -4.33. The summed E-state index contributed by atoms with van der Waals surface area (Å²) in [6.07, 6.45) is 1.59. The molecule has 0 fully saturated rings. The third kappa shape index (κ3) is 8.58. The van der Waals surface area contributed by atoms with Gasteiger partial charge in [0.2, 0.25) is 5.91 Å². The van der Waals surface area contributed by atoms with Gasteiger partial charge in [0.15, 0.2) is 0 Å². The van der Waals surface area contributed by atoms with E-state index in [1.807, 2.05) is 51.1 Å². The van der Waals surface area contributed by atoms with Gasteiger partial charge in [-0.2, -0.15) is 0 Å². The number of halogens is 1. The van der Waals surface area contributed by atoms with E-state index in [1.165, 1.54) is 11.8 Å². The van der Waals surface area contributed by atoms with Crippen LogP contribution in [0.15, 0.2) is 108 Å². The number of carbonyl (C=O) groups is 3. The number of hydrogen-bond donors (Lipinski definition) is 3. The van der Waals surface area contributed by atoms with E-state index in [-0.39, 0.29) is 16.9 Å². The van der Waals surface area contributed by atoms with E-state index in [1.54, 1.807) is 72.8 Å². The molecule has 0 aliphatic heterocycles. The predicted octanol–water partition coefficient (Wildman–Crippen LogP) is 7.49. The number of benzene rings is 4. The Labute approximate surface area is 249 Å². The Bertz CT molecular complexity index is 1590. The van der Waals surface area contributed by atoms with E-state index in [9.17, 15) is 14.4 Å². The van der Waals surface area contributed by atoms with E-state index < -0.39 is 11.8 Å². The van der Waals surface area contributed by atoms with Crippen LogP contribution in [0.4, 0.5) is 11.4 Å². The maximum Gasteiger partial charge on any atom is 0.272 e. The first-order valence-electron chi connectivity index (χ1n) is 13.0. The molecule has 0 aliphatic carbocycles. The van der Waals surface area contributed by atoms with Gasteiger partial charge in [-0.3, -0.25) is 14.4 Å². The highest BCUT2D eigenvalue weighted by Gasteiger charge is 2.17. The van der Waals surface area contributed by atoms with Crippen LogP contribution in [0.1, 0.15) is 34.0 Å². The van der Waals surface area contributed by atoms with E-state index in [4.69, 9.17) is 11.6 Å². The summed E-state index contributed by atoms with van der Waals surface area (Å²) in [5.74, 6) is -1.02. The number of amides is 3. The van der Waals surface area contributed by atoms with Crippen LogP contribution in [0.25, 0.3) is 6.08 Å². The van der Waals surface area contributed by atoms with Gasteiger partial charge in [0.05, 0.1) is 5.25 Å². The van der Waals surface area contributed by atoms with Gasteiger partial charge in [0.1, 0.15) is 5.70 Å². The highest BCUT2D eigenvalue weighted by molar-refractivity contribution is 8.00. The third-order valence-electron chi connectivity index (χ3n) is 6.26. The first kappa shape index (κ1) is 29.6. The molecule has 0 saturated heterocycles. The van der Waals surface area contributed by atoms with Crippen LogP contribution in [0, 0.1) is 13.8 Å². The topological polar surface area (TPSA) is 87.3 Å². The number of carbonyl (C=O) groups excluding carboxylic acids is 3. The quantitative estimate of drug-likeness (QED) is 0.141. The van der Waals surface area contributed by atoms with E-state index >= 15 is 0 Å². The van der Waals surface area contributed by atoms with Crippen LogP contribution < -0.4 is 16.0 Å². The van der Waals surface area contributed by atoms with Crippen molar-refractivity contribution in [3.05, 3.63) is 130 Å². The molecule has 4 aromatic rings. The summed E-state index contributed by atoms with van der Waals surface area (Å²) in [7, 11) is 0. The van der Waals surface area contributed by atoms with Gasteiger partial charge < -0.3 is 16.0 Å². The van der Waals surface area contributed by atoms with Gasteiger partial charge in [0.25, 0.3) is 11.8 Å². The minimum Gasteiger partial charge on any atom is -0.325 e. The maximum absolute atomic E-state index is 13.4. The summed E-state index contributed by atoms with van der Waals surface area (Å²) in [5, 5.41) is 8.74. The van der Waals surface area contributed by atoms with E-state index in [0.29, 0.717) is 21.8 Å². The fourth-order valence-corrected chi connectivity index (χ4v) is 4.89. The molecule has 0 saturated carbocycles. The van der Waals surface area contributed by atoms with Gasteiger partial charge in [-0.05, 0) is 98.1 Å². The number of nitrogens with one attached hydrogen (secondary N) is 3. The zero-order valence-electron chi connectivity index (χ0n) is 22.9. The van der Waals surface area contributed by atoms with Crippen molar-refractivity contribution in [3.63, 3.8) is 0 Å². The molecule has 41 heavy (non-hydrogen) atoms. The number of anilines is 2. The van der Waals surface area contributed by atoms with Crippen LogP contribution in [0.3, 0.4) is 0 Å². The molecular weight excluding hydrogens is 554 g/mol. The minimum absolute atomic E-state index is 0.0698. The lowest BCUT2D eigenvalue weighted by Gasteiger charge is -2.14. The Kier molecular flexibility index (Phi) is 10.0. The molecule has 4 rings (SSSR count). The normalized spacial score (nSPS) is 11.9. The molecule has 0 spiro atoms. The van der Waals surface area contributed by atoms with Crippen molar-refractivity contribution in [2.24, 2.45) is 0 Å². The molecule has 0 bridgehead atoms. The fourth-order valence-electron chi connectivity index (χ4n) is 3.83. The average Bonchev–Trinajstić information content (AvgIpc) is 2.96. The van der Waals surface area contributed by atoms with Gasteiger partial charge in [-0.25, -0.2) is 0 Å². The molecule has 1 unspecified atom stereocenters. The molecule has 6 nitrogen and oxygen atoms in total. The predicted molar refractivity (Wildman–Crippen MR) is 168 cm³/mol. The monoisotopic (exact) mass is 583 g/mol. The second-order valence-electron chi connectivity index (χ2n) is 9.46. The Morgan fingerprint density at radius 2 is 1.49 bits per heavy atom. The largest absolute Gasteiger partial charge is 0.325 e. The number of thioether (sulfide) groups is 1. The summed E-state index contributed by atoms with van der Waals surface area (Å²) in [6, 6.07) is 28.6. The van der Waals surface area contributed by atoms with Crippen molar-refractivity contribution < 1.29 is 14.4 Å². The average molecular weight is 584 g/mol. The lowest BCUT2D eigenvalue weighted by molar-refractivity contribution is -0.115. The van der Waals surface area contributed by atoms with Crippen LogP contribution in [-0.2, 0) is 9.59 Å². The Morgan fingerprint density at radius 1 is 0.780 bits per heavy atom. The number of aryl methyl sites for hydroxylation is 2. The molecular formula is C33H30ClN3O3S. The smallest absolute Gasteiger partial charge is 0.272 e. The van der Waals surface area contributed by atoms with Crippen LogP contribution in [0.5, 0.6) is 0 Å². The SMILES string of the molecule is Cc1ccc(NC(=O)C(C)Sc2cccc(NC(=O)/C(=C/c3ccc(Cl)cc3)NC(=O)c3ccccc3)c2)cc1C. The van der Waals surface area contributed by atoms with Gasteiger partial charge in [-0.15, -0.1) is 11.8 Å². The molecule has 0 aromatic heterocycles. The standard InChI is InChI=1S/C33H30ClN3O3S/c1-21-12-17-28(18-22(21)2)35-31(38)23(3)41-29-11-7-10-27(20-29)36-33(40)30(19-24-13-15-26(34)16-14-24)37-32(39)25-8-5-4-6-9-25/h4-20,23H,1-3H3,(H,35,38)(H,36,40)(H,37,39)/b30-19-. The molecule has 0 heterocycles. The molecule has 3 N–H and O–H groups in total. The minimum atomic E-state index is -0.494. The van der Waals surface area contributed by atoms with Crippen molar-refractivity contribution in [1.82, 2.24) is 5.32 Å². The van der Waals surface area contributed by atoms with Crippen molar-refractivity contribution in [1.29, 1.82) is 0 Å². The molecule has 4 aromatic carbocycles. The summed E-state index contributed by atoms with van der Waals surface area (Å²) >= 11 is 7.39. The second kappa shape index (κ2) is 13.8. The first-order chi connectivity index (χ1) is 19.7. The molecule has 208 valence electrons. The summed E-state index contributed by atoms with van der Waals surface area (Å²) in [4.78, 5) is 39.9. The molecule has 0 aliphatic rings. The lowest BCUT2D eigenvalue weighted by Crippen LogP contribution is -2.30. The Balaban J connectivity index is 1.47. The molecule has 0 radical (unpaired) electrons. The third-order valence-corrected chi connectivity index (χ3v) is 7.60.